The van der Waals surface area contributed by atoms with Crippen molar-refractivity contribution >= 4 is 5.91 Å². The maximum Gasteiger partial charge on any atom is 0.417 e. The molecule has 2 heterocycles. The molecule has 0 saturated carbocycles. The first-order valence-corrected chi connectivity index (χ1v) is 9.16. The van der Waals surface area contributed by atoms with Crippen molar-refractivity contribution in [2.75, 3.05) is 13.1 Å². The summed E-state index contributed by atoms with van der Waals surface area (Å²) in [6.07, 6.45) is -4.33. The smallest absolute Gasteiger partial charge is 0.417 e. The Bertz CT molecular complexity index is 1070. The SMILES string of the molecule is NCc1cnc(-c2ccc(-c3ccc(C(=O)N4CC(F)C4)cc3)cc2C(F)(F)F)o1. The van der Waals surface area contributed by atoms with Crippen LogP contribution in [0.3, 0.4) is 0 Å². The minimum Gasteiger partial charge on any atom is -0.440 e. The number of alkyl halides is 4. The van der Waals surface area contributed by atoms with Crippen molar-refractivity contribution in [2.24, 2.45) is 5.73 Å². The monoisotopic (exact) mass is 419 g/mol. The molecule has 5 nitrogen and oxygen atoms in total. The summed E-state index contributed by atoms with van der Waals surface area (Å²) in [6.45, 7) is 0.147. The van der Waals surface area contributed by atoms with Crippen LogP contribution in [0.2, 0.25) is 0 Å². The van der Waals surface area contributed by atoms with E-state index in [1.807, 2.05) is 0 Å². The molecule has 1 aromatic heterocycles. The van der Waals surface area contributed by atoms with Gasteiger partial charge in [0.05, 0.1) is 31.4 Å². The van der Waals surface area contributed by atoms with Crippen molar-refractivity contribution in [1.29, 1.82) is 0 Å². The molecule has 1 amide bonds. The summed E-state index contributed by atoms with van der Waals surface area (Å²) in [5, 5.41) is 0. The molecule has 0 radical (unpaired) electrons. The zero-order chi connectivity index (χ0) is 21.5. The summed E-state index contributed by atoms with van der Waals surface area (Å²) < 4.78 is 59.3. The molecule has 4 rings (SSSR count). The third-order valence-electron chi connectivity index (χ3n) is 4.90. The minimum absolute atomic E-state index is 0.0287. The van der Waals surface area contributed by atoms with E-state index in [0.717, 1.165) is 6.07 Å². The highest BCUT2D eigenvalue weighted by Gasteiger charge is 2.35. The Balaban J connectivity index is 1.65. The van der Waals surface area contributed by atoms with Crippen LogP contribution in [0.1, 0.15) is 21.7 Å². The van der Waals surface area contributed by atoms with Gasteiger partial charge in [0.2, 0.25) is 5.89 Å². The number of aromatic nitrogens is 1. The molecule has 30 heavy (non-hydrogen) atoms. The molecule has 1 aliphatic heterocycles. The number of benzene rings is 2. The van der Waals surface area contributed by atoms with E-state index in [1.54, 1.807) is 12.1 Å². The van der Waals surface area contributed by atoms with Gasteiger partial charge in [-0.3, -0.25) is 4.79 Å². The van der Waals surface area contributed by atoms with Gasteiger partial charge in [-0.1, -0.05) is 18.2 Å². The molecule has 156 valence electrons. The summed E-state index contributed by atoms with van der Waals surface area (Å²) in [6, 6.07) is 10.0. The molecular formula is C21H17F4N3O2. The average molecular weight is 419 g/mol. The predicted octanol–water partition coefficient (Wildman–Crippen LogP) is 4.28. The summed E-state index contributed by atoms with van der Waals surface area (Å²) >= 11 is 0. The summed E-state index contributed by atoms with van der Waals surface area (Å²) in [4.78, 5) is 17.5. The Morgan fingerprint density at radius 1 is 1.13 bits per heavy atom. The second-order valence-electron chi connectivity index (χ2n) is 6.98. The van der Waals surface area contributed by atoms with Crippen LogP contribution in [0, 0.1) is 0 Å². The van der Waals surface area contributed by atoms with Crippen LogP contribution in [0.25, 0.3) is 22.6 Å². The molecule has 3 aromatic rings. The standard InChI is InChI=1S/C21H17F4N3O2/c22-15-10-28(11-15)20(29)13-3-1-12(2-4-13)14-5-6-17(18(7-14)21(23,24)25)19-27-9-16(8-26)30-19/h1-7,9,15H,8,10-11,26H2. The second-order valence-corrected chi connectivity index (χ2v) is 6.98. The Kier molecular flexibility index (Phi) is 5.07. The van der Waals surface area contributed by atoms with Crippen molar-refractivity contribution in [1.82, 2.24) is 9.88 Å². The van der Waals surface area contributed by atoms with E-state index in [9.17, 15) is 22.4 Å². The molecular weight excluding hydrogens is 402 g/mol. The first-order chi connectivity index (χ1) is 14.3. The van der Waals surface area contributed by atoms with Gasteiger partial charge in [-0.2, -0.15) is 13.2 Å². The van der Waals surface area contributed by atoms with E-state index in [0.29, 0.717) is 16.7 Å². The fourth-order valence-corrected chi connectivity index (χ4v) is 3.25. The first-order valence-electron chi connectivity index (χ1n) is 9.16. The fourth-order valence-electron chi connectivity index (χ4n) is 3.25. The zero-order valence-electron chi connectivity index (χ0n) is 15.6. The molecule has 2 aromatic carbocycles. The van der Waals surface area contributed by atoms with Gasteiger partial charge in [0, 0.05) is 11.1 Å². The molecule has 1 saturated heterocycles. The number of hydrogen-bond acceptors (Lipinski definition) is 4. The lowest BCUT2D eigenvalue weighted by Gasteiger charge is -2.34. The van der Waals surface area contributed by atoms with E-state index in [-0.39, 0.29) is 42.8 Å². The lowest BCUT2D eigenvalue weighted by Crippen LogP contribution is -2.51. The van der Waals surface area contributed by atoms with Crippen LogP contribution in [0.4, 0.5) is 17.6 Å². The quantitative estimate of drug-likeness (QED) is 0.641. The van der Waals surface area contributed by atoms with Gasteiger partial charge >= 0.3 is 6.18 Å². The van der Waals surface area contributed by atoms with Gasteiger partial charge in [0.25, 0.3) is 5.91 Å². The molecule has 0 atom stereocenters. The number of halogens is 4. The molecule has 0 unspecified atom stereocenters. The largest absolute Gasteiger partial charge is 0.440 e. The number of oxazole rings is 1. The van der Waals surface area contributed by atoms with Crippen LogP contribution in [0.15, 0.2) is 53.1 Å². The molecule has 2 N–H and O–H groups in total. The summed E-state index contributed by atoms with van der Waals surface area (Å²) in [5.74, 6) is -0.180. The van der Waals surface area contributed by atoms with Gasteiger partial charge in [-0.15, -0.1) is 0 Å². The molecule has 9 heteroatoms. The van der Waals surface area contributed by atoms with Crippen LogP contribution in [-0.4, -0.2) is 35.1 Å². The van der Waals surface area contributed by atoms with Crippen LogP contribution < -0.4 is 5.73 Å². The highest BCUT2D eigenvalue weighted by molar-refractivity contribution is 5.95. The normalized spacial score (nSPS) is 14.6. The third-order valence-corrected chi connectivity index (χ3v) is 4.90. The molecule has 0 spiro atoms. The number of hydrogen-bond donors (Lipinski definition) is 1. The number of nitrogens with two attached hydrogens (primary N) is 1. The average Bonchev–Trinajstić information content (AvgIpc) is 3.19. The Hall–Kier alpha value is -3.20. The van der Waals surface area contributed by atoms with Gasteiger partial charge in [0.1, 0.15) is 11.9 Å². The van der Waals surface area contributed by atoms with E-state index < -0.39 is 17.9 Å². The fraction of sp³-hybridized carbons (Fsp3) is 0.238. The number of nitrogens with zero attached hydrogens (tertiary/aromatic N) is 2. The maximum atomic E-state index is 13.7. The zero-order valence-corrected chi connectivity index (χ0v) is 15.6. The van der Waals surface area contributed by atoms with Crippen molar-refractivity contribution in [3.05, 3.63) is 65.5 Å². The Labute approximate surface area is 169 Å². The van der Waals surface area contributed by atoms with Gasteiger partial charge in [-0.25, -0.2) is 9.37 Å². The predicted molar refractivity (Wildman–Crippen MR) is 101 cm³/mol. The highest BCUT2D eigenvalue weighted by atomic mass is 19.4. The Morgan fingerprint density at radius 2 is 1.80 bits per heavy atom. The molecule has 0 bridgehead atoms. The lowest BCUT2D eigenvalue weighted by molar-refractivity contribution is -0.137. The summed E-state index contributed by atoms with van der Waals surface area (Å²) in [7, 11) is 0. The second kappa shape index (κ2) is 7.56. The van der Waals surface area contributed by atoms with Crippen molar-refractivity contribution < 1.29 is 26.8 Å². The van der Waals surface area contributed by atoms with Gasteiger partial charge < -0.3 is 15.1 Å². The van der Waals surface area contributed by atoms with Crippen LogP contribution >= 0.6 is 0 Å². The van der Waals surface area contributed by atoms with Crippen LogP contribution in [-0.2, 0) is 12.7 Å². The molecule has 1 aliphatic rings. The molecule has 0 aliphatic carbocycles. The molecule has 1 fully saturated rings. The van der Waals surface area contributed by atoms with Crippen molar-refractivity contribution in [3.8, 4) is 22.6 Å². The maximum absolute atomic E-state index is 13.7. The number of carbonyl (C=O) groups is 1. The Morgan fingerprint density at radius 3 is 2.37 bits per heavy atom. The highest BCUT2D eigenvalue weighted by Crippen LogP contribution is 2.39. The van der Waals surface area contributed by atoms with Crippen molar-refractivity contribution in [2.45, 2.75) is 18.9 Å². The van der Waals surface area contributed by atoms with Gasteiger partial charge in [-0.05, 0) is 35.4 Å². The van der Waals surface area contributed by atoms with Crippen molar-refractivity contribution in [3.63, 3.8) is 0 Å². The number of carbonyl (C=O) groups excluding carboxylic acids is 1. The lowest BCUT2D eigenvalue weighted by atomic mass is 9.97. The van der Waals surface area contributed by atoms with E-state index >= 15 is 0 Å². The van der Waals surface area contributed by atoms with E-state index in [2.05, 4.69) is 4.98 Å². The van der Waals surface area contributed by atoms with Gasteiger partial charge in [0.15, 0.2) is 0 Å². The van der Waals surface area contributed by atoms with E-state index in [4.69, 9.17) is 10.2 Å². The van der Waals surface area contributed by atoms with Crippen LogP contribution in [0.5, 0.6) is 0 Å². The summed E-state index contributed by atoms with van der Waals surface area (Å²) in [5.41, 5.74) is 5.54. The first kappa shape index (κ1) is 20.1. The topological polar surface area (TPSA) is 72.4 Å². The third kappa shape index (κ3) is 3.80. The number of likely N-dealkylation sites (tertiary alicyclic amines) is 1. The minimum atomic E-state index is -4.63. The number of amides is 1. The number of rotatable bonds is 4. The van der Waals surface area contributed by atoms with E-state index in [1.165, 1.54) is 35.4 Å².